The Morgan fingerprint density at radius 2 is 2.06 bits per heavy atom. The van der Waals surface area contributed by atoms with Crippen molar-refractivity contribution < 1.29 is 9.63 Å². The summed E-state index contributed by atoms with van der Waals surface area (Å²) in [6.07, 6.45) is 6.51. The third-order valence-electron chi connectivity index (χ3n) is 2.97. The SMILES string of the molecule is CC(C)CC(N)=NOCC(=O)NC1CCCCC1. The van der Waals surface area contributed by atoms with Crippen LogP contribution < -0.4 is 11.1 Å². The average Bonchev–Trinajstić information content (AvgIpc) is 2.29. The van der Waals surface area contributed by atoms with Crippen LogP contribution in [0.5, 0.6) is 0 Å². The summed E-state index contributed by atoms with van der Waals surface area (Å²) in [5.41, 5.74) is 5.64. The number of hydrogen-bond acceptors (Lipinski definition) is 3. The molecule has 0 radical (unpaired) electrons. The molecule has 0 heterocycles. The van der Waals surface area contributed by atoms with E-state index in [2.05, 4.69) is 24.3 Å². The van der Waals surface area contributed by atoms with Gasteiger partial charge < -0.3 is 15.9 Å². The van der Waals surface area contributed by atoms with Gasteiger partial charge in [0, 0.05) is 12.5 Å². The zero-order valence-electron chi connectivity index (χ0n) is 11.4. The van der Waals surface area contributed by atoms with Crippen LogP contribution >= 0.6 is 0 Å². The van der Waals surface area contributed by atoms with Crippen LogP contribution in [0, 0.1) is 5.92 Å². The van der Waals surface area contributed by atoms with Gasteiger partial charge in [0.1, 0.15) is 5.84 Å². The van der Waals surface area contributed by atoms with E-state index in [9.17, 15) is 4.79 Å². The number of amidine groups is 1. The lowest BCUT2D eigenvalue weighted by atomic mass is 9.95. The van der Waals surface area contributed by atoms with Crippen molar-refractivity contribution in [2.45, 2.75) is 58.4 Å². The number of carbonyl (C=O) groups is 1. The second-order valence-corrected chi connectivity index (χ2v) is 5.36. The van der Waals surface area contributed by atoms with Crippen molar-refractivity contribution in [1.29, 1.82) is 0 Å². The first kappa shape index (κ1) is 14.8. The van der Waals surface area contributed by atoms with E-state index in [1.54, 1.807) is 0 Å². The van der Waals surface area contributed by atoms with Crippen molar-refractivity contribution in [3.05, 3.63) is 0 Å². The Morgan fingerprint density at radius 3 is 2.67 bits per heavy atom. The quantitative estimate of drug-likeness (QED) is 0.431. The molecule has 5 heteroatoms. The monoisotopic (exact) mass is 255 g/mol. The summed E-state index contributed by atoms with van der Waals surface area (Å²) in [7, 11) is 0. The Hall–Kier alpha value is -1.26. The molecule has 0 aromatic heterocycles. The summed E-state index contributed by atoms with van der Waals surface area (Å²) < 4.78 is 0. The molecule has 1 rings (SSSR count). The first-order valence-corrected chi connectivity index (χ1v) is 6.81. The van der Waals surface area contributed by atoms with Crippen LogP contribution in [0.2, 0.25) is 0 Å². The fourth-order valence-electron chi connectivity index (χ4n) is 2.15. The Bertz CT molecular complexity index is 284. The summed E-state index contributed by atoms with van der Waals surface area (Å²) in [5, 5.41) is 6.69. The van der Waals surface area contributed by atoms with Crippen molar-refractivity contribution in [2.75, 3.05) is 6.61 Å². The normalized spacial score (nSPS) is 17.8. The molecule has 1 amide bonds. The molecule has 0 atom stereocenters. The number of nitrogens with one attached hydrogen (secondary N) is 1. The van der Waals surface area contributed by atoms with Gasteiger partial charge in [-0.2, -0.15) is 0 Å². The fourth-order valence-corrected chi connectivity index (χ4v) is 2.15. The predicted molar refractivity (Wildman–Crippen MR) is 72.0 cm³/mol. The highest BCUT2D eigenvalue weighted by molar-refractivity contribution is 5.80. The largest absolute Gasteiger partial charge is 0.384 e. The number of nitrogens with zero attached hydrogens (tertiary/aromatic N) is 1. The zero-order chi connectivity index (χ0) is 13.4. The summed E-state index contributed by atoms with van der Waals surface area (Å²) in [6, 6.07) is 0.312. The maximum atomic E-state index is 11.6. The molecular formula is C13H25N3O2. The van der Waals surface area contributed by atoms with Crippen LogP contribution in [0.15, 0.2) is 5.16 Å². The van der Waals surface area contributed by atoms with Crippen LogP contribution in [-0.2, 0) is 9.63 Å². The van der Waals surface area contributed by atoms with E-state index in [1.165, 1.54) is 19.3 Å². The molecule has 0 saturated heterocycles. The fraction of sp³-hybridized carbons (Fsp3) is 0.846. The highest BCUT2D eigenvalue weighted by Gasteiger charge is 2.15. The van der Waals surface area contributed by atoms with Crippen LogP contribution in [0.25, 0.3) is 0 Å². The summed E-state index contributed by atoms with van der Waals surface area (Å²) >= 11 is 0. The molecule has 0 bridgehead atoms. The highest BCUT2D eigenvalue weighted by atomic mass is 16.6. The van der Waals surface area contributed by atoms with Gasteiger partial charge in [-0.15, -0.1) is 0 Å². The van der Waals surface area contributed by atoms with Gasteiger partial charge in [-0.05, 0) is 18.8 Å². The number of oxime groups is 1. The molecule has 1 aliphatic rings. The number of nitrogens with two attached hydrogens (primary N) is 1. The Kier molecular flexibility index (Phi) is 6.54. The minimum atomic E-state index is -0.108. The second kappa shape index (κ2) is 7.95. The van der Waals surface area contributed by atoms with Gasteiger partial charge in [-0.3, -0.25) is 4.79 Å². The Labute approximate surface area is 109 Å². The minimum Gasteiger partial charge on any atom is -0.384 e. The van der Waals surface area contributed by atoms with Crippen molar-refractivity contribution in [2.24, 2.45) is 16.8 Å². The number of rotatable bonds is 6. The molecule has 5 nitrogen and oxygen atoms in total. The lowest BCUT2D eigenvalue weighted by Crippen LogP contribution is -2.38. The molecule has 0 unspecified atom stereocenters. The number of amides is 1. The third kappa shape index (κ3) is 6.47. The number of carbonyl (C=O) groups excluding carboxylic acids is 1. The summed E-state index contributed by atoms with van der Waals surface area (Å²) in [5.74, 6) is 0.770. The first-order valence-electron chi connectivity index (χ1n) is 6.81. The molecule has 1 fully saturated rings. The molecule has 0 spiro atoms. The first-order chi connectivity index (χ1) is 8.58. The van der Waals surface area contributed by atoms with Gasteiger partial charge >= 0.3 is 0 Å². The minimum absolute atomic E-state index is 0.0463. The zero-order valence-corrected chi connectivity index (χ0v) is 11.4. The molecule has 104 valence electrons. The topological polar surface area (TPSA) is 76.7 Å². The Morgan fingerprint density at radius 1 is 1.39 bits per heavy atom. The number of hydrogen-bond donors (Lipinski definition) is 2. The average molecular weight is 255 g/mol. The predicted octanol–water partition coefficient (Wildman–Crippen LogP) is 1.77. The van der Waals surface area contributed by atoms with Gasteiger partial charge in [-0.1, -0.05) is 38.3 Å². The smallest absolute Gasteiger partial charge is 0.260 e. The lowest BCUT2D eigenvalue weighted by molar-refractivity contribution is -0.126. The maximum Gasteiger partial charge on any atom is 0.260 e. The molecule has 1 aliphatic carbocycles. The summed E-state index contributed by atoms with van der Waals surface area (Å²) in [6.45, 7) is 4.06. The van der Waals surface area contributed by atoms with Crippen molar-refractivity contribution in [3.63, 3.8) is 0 Å². The van der Waals surface area contributed by atoms with Crippen molar-refractivity contribution in [3.8, 4) is 0 Å². The van der Waals surface area contributed by atoms with Crippen LogP contribution in [0.4, 0.5) is 0 Å². The van der Waals surface area contributed by atoms with E-state index in [1.807, 2.05) is 0 Å². The van der Waals surface area contributed by atoms with Crippen LogP contribution in [-0.4, -0.2) is 24.4 Å². The van der Waals surface area contributed by atoms with Gasteiger partial charge in [0.15, 0.2) is 6.61 Å². The second-order valence-electron chi connectivity index (χ2n) is 5.36. The van der Waals surface area contributed by atoms with E-state index in [4.69, 9.17) is 10.6 Å². The van der Waals surface area contributed by atoms with Crippen LogP contribution in [0.3, 0.4) is 0 Å². The molecule has 0 aromatic rings. The highest BCUT2D eigenvalue weighted by Crippen LogP contribution is 2.17. The van der Waals surface area contributed by atoms with Crippen LogP contribution in [0.1, 0.15) is 52.4 Å². The maximum absolute atomic E-state index is 11.6. The van der Waals surface area contributed by atoms with Gasteiger partial charge in [-0.25, -0.2) is 0 Å². The van der Waals surface area contributed by atoms with Crippen molar-refractivity contribution in [1.82, 2.24) is 5.32 Å². The van der Waals surface area contributed by atoms with Gasteiger partial charge in [0.05, 0.1) is 0 Å². The van der Waals surface area contributed by atoms with E-state index in [-0.39, 0.29) is 12.5 Å². The van der Waals surface area contributed by atoms with E-state index >= 15 is 0 Å². The molecule has 3 N–H and O–H groups in total. The van der Waals surface area contributed by atoms with Crippen molar-refractivity contribution >= 4 is 11.7 Å². The molecule has 0 aliphatic heterocycles. The third-order valence-corrected chi connectivity index (χ3v) is 2.97. The Balaban J connectivity index is 2.16. The summed E-state index contributed by atoms with van der Waals surface area (Å²) in [4.78, 5) is 16.5. The lowest BCUT2D eigenvalue weighted by Gasteiger charge is -2.22. The van der Waals surface area contributed by atoms with Gasteiger partial charge in [0.25, 0.3) is 5.91 Å². The van der Waals surface area contributed by atoms with E-state index < -0.39 is 0 Å². The van der Waals surface area contributed by atoms with Gasteiger partial charge in [0.2, 0.25) is 0 Å². The van der Waals surface area contributed by atoms with E-state index in [0.717, 1.165) is 12.8 Å². The molecule has 1 saturated carbocycles. The molecule has 18 heavy (non-hydrogen) atoms. The van der Waals surface area contributed by atoms with E-state index in [0.29, 0.717) is 24.2 Å². The molecular weight excluding hydrogens is 230 g/mol. The molecule has 0 aromatic carbocycles. The standard InChI is InChI=1S/C13H25N3O2/c1-10(2)8-12(14)16-18-9-13(17)15-11-6-4-3-5-7-11/h10-11H,3-9H2,1-2H3,(H2,14,16)(H,15,17).